The van der Waals surface area contributed by atoms with Gasteiger partial charge < -0.3 is 15.6 Å². The Morgan fingerprint density at radius 1 is 1.55 bits per heavy atom. The number of nitrogens with one attached hydrogen (secondary N) is 1. The number of nitrogens with zero attached hydrogens (tertiary/aromatic N) is 1. The quantitative estimate of drug-likeness (QED) is 0.520. The molecule has 0 aliphatic carbocycles. The van der Waals surface area contributed by atoms with Gasteiger partial charge in [0.2, 0.25) is 0 Å². The number of primary amides is 1. The number of urea groups is 1. The second-order valence-electron chi connectivity index (χ2n) is 3.86. The Balaban J connectivity index is 2.86. The van der Waals surface area contributed by atoms with Crippen LogP contribution in [-0.2, 0) is 4.79 Å². The van der Waals surface area contributed by atoms with E-state index in [1.54, 1.807) is 5.32 Å². The van der Waals surface area contributed by atoms with Crippen molar-refractivity contribution in [1.82, 2.24) is 5.32 Å². The second-order valence-corrected chi connectivity index (χ2v) is 3.86. The highest BCUT2D eigenvalue weighted by molar-refractivity contribution is 5.94. The van der Waals surface area contributed by atoms with E-state index in [1.807, 2.05) is 0 Å². The minimum Gasteiger partial charge on any atom is -0.483 e. The number of amides is 3. The number of nitrogens with two attached hydrogens (primary N) is 1. The molecular formula is C11H13N3O6. The molecule has 20 heavy (non-hydrogen) atoms. The lowest BCUT2D eigenvalue weighted by Crippen LogP contribution is -2.38. The summed E-state index contributed by atoms with van der Waals surface area (Å²) in [5.41, 5.74) is 4.70. The van der Waals surface area contributed by atoms with Gasteiger partial charge in [-0.2, -0.15) is 0 Å². The summed E-state index contributed by atoms with van der Waals surface area (Å²) in [5.74, 6) is -0.669. The minimum atomic E-state index is -1.02. The van der Waals surface area contributed by atoms with Crippen LogP contribution in [-0.4, -0.2) is 28.6 Å². The molecule has 4 N–H and O–H groups in total. The number of aliphatic hydroxyl groups is 1. The summed E-state index contributed by atoms with van der Waals surface area (Å²) in [6, 6.07) is 2.56. The predicted octanol–water partition coefficient (Wildman–Crippen LogP) is 0.222. The van der Waals surface area contributed by atoms with Gasteiger partial charge in [-0.1, -0.05) is 0 Å². The molecule has 0 aromatic heterocycles. The lowest BCUT2D eigenvalue weighted by atomic mass is 10.1. The first-order valence-electron chi connectivity index (χ1n) is 5.49. The number of rotatable bonds is 5. The lowest BCUT2D eigenvalue weighted by Gasteiger charge is -2.12. The third kappa shape index (κ3) is 4.21. The molecule has 1 atom stereocenters. The first-order chi connectivity index (χ1) is 9.31. The lowest BCUT2D eigenvalue weighted by molar-refractivity contribution is -0.385. The number of aliphatic hydroxyl groups excluding tert-OH is 1. The van der Waals surface area contributed by atoms with Gasteiger partial charge >= 0.3 is 6.03 Å². The van der Waals surface area contributed by atoms with Crippen molar-refractivity contribution < 1.29 is 24.4 Å². The molecule has 0 bridgehead atoms. The van der Waals surface area contributed by atoms with Gasteiger partial charge in [-0.3, -0.25) is 20.2 Å². The largest absolute Gasteiger partial charge is 0.483 e. The van der Waals surface area contributed by atoms with Gasteiger partial charge in [0, 0.05) is 17.7 Å². The van der Waals surface area contributed by atoms with E-state index < -0.39 is 29.6 Å². The molecule has 0 saturated heterocycles. The number of carbonyl (C=O) groups excluding carboxylic acids is 2. The SMILES string of the molecule is C[C@@H](O)c1cc([N+](=O)[O-])ccc1OCC(=O)NC(N)=O. The maximum absolute atomic E-state index is 11.2. The Kier molecular flexibility index (Phi) is 4.98. The van der Waals surface area contributed by atoms with Crippen LogP contribution in [0, 0.1) is 10.1 Å². The van der Waals surface area contributed by atoms with Crippen molar-refractivity contribution in [1.29, 1.82) is 0 Å². The Morgan fingerprint density at radius 2 is 2.20 bits per heavy atom. The van der Waals surface area contributed by atoms with Crippen molar-refractivity contribution in [3.63, 3.8) is 0 Å². The second kappa shape index (κ2) is 6.48. The van der Waals surface area contributed by atoms with Gasteiger partial charge in [-0.15, -0.1) is 0 Å². The molecule has 0 unspecified atom stereocenters. The molecule has 1 aromatic carbocycles. The average Bonchev–Trinajstić information content (AvgIpc) is 2.35. The van der Waals surface area contributed by atoms with Gasteiger partial charge in [-0.05, 0) is 13.0 Å². The molecule has 108 valence electrons. The summed E-state index contributed by atoms with van der Waals surface area (Å²) < 4.78 is 5.09. The van der Waals surface area contributed by atoms with Gasteiger partial charge in [0.15, 0.2) is 6.61 Å². The monoisotopic (exact) mass is 283 g/mol. The van der Waals surface area contributed by atoms with Gasteiger partial charge in [0.05, 0.1) is 11.0 Å². The zero-order chi connectivity index (χ0) is 15.3. The number of hydrogen-bond donors (Lipinski definition) is 3. The van der Waals surface area contributed by atoms with Crippen molar-refractivity contribution in [3.05, 3.63) is 33.9 Å². The van der Waals surface area contributed by atoms with Crippen molar-refractivity contribution >= 4 is 17.6 Å². The summed E-state index contributed by atoms with van der Waals surface area (Å²) >= 11 is 0. The summed E-state index contributed by atoms with van der Waals surface area (Å²) in [4.78, 5) is 31.6. The highest BCUT2D eigenvalue weighted by Crippen LogP contribution is 2.29. The zero-order valence-electron chi connectivity index (χ0n) is 10.5. The van der Waals surface area contributed by atoms with E-state index in [4.69, 9.17) is 10.5 Å². The minimum absolute atomic E-state index is 0.102. The number of nitro benzene ring substituents is 1. The Bertz CT molecular complexity index is 543. The fourth-order valence-electron chi connectivity index (χ4n) is 1.42. The van der Waals surface area contributed by atoms with E-state index in [-0.39, 0.29) is 17.0 Å². The molecule has 1 rings (SSSR count). The molecule has 0 radical (unpaired) electrons. The van der Waals surface area contributed by atoms with Crippen LogP contribution in [0.2, 0.25) is 0 Å². The maximum atomic E-state index is 11.2. The molecule has 0 saturated carbocycles. The van der Waals surface area contributed by atoms with Crippen LogP contribution in [0.3, 0.4) is 0 Å². The molecule has 3 amide bonds. The molecule has 1 aromatic rings. The van der Waals surface area contributed by atoms with E-state index in [2.05, 4.69) is 0 Å². The van der Waals surface area contributed by atoms with Crippen molar-refractivity contribution in [3.8, 4) is 5.75 Å². The third-order valence-electron chi connectivity index (χ3n) is 2.28. The number of imide groups is 1. The zero-order valence-corrected chi connectivity index (χ0v) is 10.5. The number of carbonyl (C=O) groups is 2. The Hall–Kier alpha value is -2.68. The first kappa shape index (κ1) is 15.4. The number of benzene rings is 1. The number of non-ortho nitro benzene ring substituents is 1. The number of ether oxygens (including phenoxy) is 1. The average molecular weight is 283 g/mol. The highest BCUT2D eigenvalue weighted by Gasteiger charge is 2.16. The third-order valence-corrected chi connectivity index (χ3v) is 2.28. The Morgan fingerprint density at radius 3 is 2.70 bits per heavy atom. The summed E-state index contributed by atoms with van der Waals surface area (Å²) in [5, 5.41) is 22.0. The maximum Gasteiger partial charge on any atom is 0.318 e. The number of nitro groups is 1. The van der Waals surface area contributed by atoms with Crippen LogP contribution < -0.4 is 15.8 Å². The van der Waals surface area contributed by atoms with Crippen molar-refractivity contribution in [2.24, 2.45) is 5.73 Å². The van der Waals surface area contributed by atoms with Crippen molar-refractivity contribution in [2.45, 2.75) is 13.0 Å². The fraction of sp³-hybridized carbons (Fsp3) is 0.273. The highest BCUT2D eigenvalue weighted by atomic mass is 16.6. The molecule has 0 aliphatic rings. The first-order valence-corrected chi connectivity index (χ1v) is 5.49. The van der Waals surface area contributed by atoms with Crippen LogP contribution in [0.25, 0.3) is 0 Å². The molecule has 9 nitrogen and oxygen atoms in total. The standard InChI is InChI=1S/C11H13N3O6/c1-6(15)8-4-7(14(18)19)2-3-9(8)20-5-10(16)13-11(12)17/h2-4,6,15H,5H2,1H3,(H3,12,13,16,17)/t6-/m1/s1. The topological polar surface area (TPSA) is 145 Å². The van der Waals surface area contributed by atoms with Crippen LogP contribution in [0.5, 0.6) is 5.75 Å². The normalized spacial score (nSPS) is 11.5. The molecular weight excluding hydrogens is 270 g/mol. The van der Waals surface area contributed by atoms with E-state index in [0.717, 1.165) is 6.07 Å². The molecule has 0 spiro atoms. The Labute approximate surface area is 113 Å². The van der Waals surface area contributed by atoms with Crippen LogP contribution in [0.15, 0.2) is 18.2 Å². The number of hydrogen-bond acceptors (Lipinski definition) is 6. The van der Waals surface area contributed by atoms with Gasteiger partial charge in [0.1, 0.15) is 5.75 Å². The van der Waals surface area contributed by atoms with E-state index in [0.29, 0.717) is 0 Å². The van der Waals surface area contributed by atoms with Gasteiger partial charge in [0.25, 0.3) is 11.6 Å². The van der Waals surface area contributed by atoms with E-state index in [1.165, 1.54) is 19.1 Å². The summed E-state index contributed by atoms with van der Waals surface area (Å²) in [6.45, 7) is 0.885. The van der Waals surface area contributed by atoms with Crippen LogP contribution in [0.1, 0.15) is 18.6 Å². The van der Waals surface area contributed by atoms with E-state index >= 15 is 0 Å². The summed E-state index contributed by atoms with van der Waals surface area (Å²) in [7, 11) is 0. The smallest absolute Gasteiger partial charge is 0.318 e. The van der Waals surface area contributed by atoms with Crippen molar-refractivity contribution in [2.75, 3.05) is 6.61 Å². The van der Waals surface area contributed by atoms with E-state index in [9.17, 15) is 24.8 Å². The predicted molar refractivity (Wildman–Crippen MR) is 67.0 cm³/mol. The molecule has 0 heterocycles. The van der Waals surface area contributed by atoms with Gasteiger partial charge in [-0.25, -0.2) is 4.79 Å². The summed E-state index contributed by atoms with van der Waals surface area (Å²) in [6.07, 6.45) is -1.02. The van der Waals surface area contributed by atoms with Crippen LogP contribution in [0.4, 0.5) is 10.5 Å². The fourth-order valence-corrected chi connectivity index (χ4v) is 1.42. The molecule has 0 fully saturated rings. The molecule has 9 heteroatoms. The van der Waals surface area contributed by atoms with Crippen LogP contribution >= 0.6 is 0 Å². The molecule has 0 aliphatic heterocycles.